The predicted octanol–water partition coefficient (Wildman–Crippen LogP) is -0.630. The number of ether oxygens (including phenoxy) is 3. The summed E-state index contributed by atoms with van der Waals surface area (Å²) in [6, 6.07) is 0. The van der Waals surface area contributed by atoms with E-state index in [4.69, 9.17) is 19.9 Å². The number of carbonyl (C=O) groups is 1. The normalized spacial score (nSPS) is 23.9. The van der Waals surface area contributed by atoms with Crippen LogP contribution in [0, 0.1) is 0 Å². The lowest BCUT2D eigenvalue weighted by atomic mass is 9.94. The summed E-state index contributed by atoms with van der Waals surface area (Å²) < 4.78 is 16.3. The minimum Gasteiger partial charge on any atom is -0.381 e. The van der Waals surface area contributed by atoms with E-state index in [1.165, 1.54) is 0 Å². The van der Waals surface area contributed by atoms with E-state index in [1.807, 2.05) is 0 Å². The van der Waals surface area contributed by atoms with Gasteiger partial charge >= 0.3 is 0 Å². The molecule has 0 unspecified atom stereocenters. The molecule has 18 heavy (non-hydrogen) atoms. The number of rotatable bonds is 4. The minimum absolute atomic E-state index is 0.0256. The van der Waals surface area contributed by atoms with Crippen LogP contribution >= 0.6 is 0 Å². The topological polar surface area (TPSA) is 74.0 Å². The van der Waals surface area contributed by atoms with E-state index in [0.717, 1.165) is 12.8 Å². The van der Waals surface area contributed by atoms with Gasteiger partial charge in [-0.1, -0.05) is 0 Å². The summed E-state index contributed by atoms with van der Waals surface area (Å²) in [5.41, 5.74) is 5.40. The van der Waals surface area contributed by atoms with Crippen LogP contribution in [0.5, 0.6) is 0 Å². The maximum absolute atomic E-state index is 12.0. The number of carbonyl (C=O) groups excluding carboxylic acids is 1. The first-order valence-corrected chi connectivity index (χ1v) is 6.53. The highest BCUT2D eigenvalue weighted by atomic mass is 16.5. The van der Waals surface area contributed by atoms with Gasteiger partial charge < -0.3 is 24.8 Å². The Morgan fingerprint density at radius 1 is 1.17 bits per heavy atom. The average Bonchev–Trinajstić information content (AvgIpc) is 2.47. The lowest BCUT2D eigenvalue weighted by Crippen LogP contribution is -2.49. The summed E-state index contributed by atoms with van der Waals surface area (Å²) in [5, 5.41) is 0. The molecule has 104 valence electrons. The van der Waals surface area contributed by atoms with Gasteiger partial charge in [-0.05, 0) is 0 Å². The Bertz CT molecular complexity index is 273. The van der Waals surface area contributed by atoms with Crippen LogP contribution in [-0.2, 0) is 19.0 Å². The largest absolute Gasteiger partial charge is 0.381 e. The molecule has 0 spiro atoms. The van der Waals surface area contributed by atoms with Crippen molar-refractivity contribution in [1.82, 2.24) is 4.90 Å². The molecular formula is C12H22N2O4. The van der Waals surface area contributed by atoms with Crippen molar-refractivity contribution in [2.75, 3.05) is 52.7 Å². The number of hydrogen-bond acceptors (Lipinski definition) is 5. The zero-order valence-corrected chi connectivity index (χ0v) is 10.7. The van der Waals surface area contributed by atoms with Gasteiger partial charge in [0, 0.05) is 45.7 Å². The molecule has 6 heteroatoms. The molecule has 2 fully saturated rings. The van der Waals surface area contributed by atoms with Crippen LogP contribution in [0.1, 0.15) is 12.8 Å². The van der Waals surface area contributed by atoms with E-state index in [9.17, 15) is 4.79 Å². The third kappa shape index (κ3) is 3.41. The molecule has 0 radical (unpaired) electrons. The third-order valence-electron chi connectivity index (χ3n) is 3.64. The lowest BCUT2D eigenvalue weighted by molar-refractivity contribution is -0.154. The SMILES string of the molecule is NCC1(OCC(=O)N2CCOCC2)CCOCC1. The fraction of sp³-hybridized carbons (Fsp3) is 0.917. The fourth-order valence-corrected chi connectivity index (χ4v) is 2.27. The third-order valence-corrected chi connectivity index (χ3v) is 3.64. The monoisotopic (exact) mass is 258 g/mol. The zero-order chi connectivity index (χ0) is 12.8. The quantitative estimate of drug-likeness (QED) is 0.727. The Labute approximate surface area is 107 Å². The van der Waals surface area contributed by atoms with Crippen LogP contribution in [0.25, 0.3) is 0 Å². The first kappa shape index (κ1) is 13.7. The molecule has 0 atom stereocenters. The zero-order valence-electron chi connectivity index (χ0n) is 10.7. The lowest BCUT2D eigenvalue weighted by Gasteiger charge is -2.36. The number of morpholine rings is 1. The van der Waals surface area contributed by atoms with Crippen molar-refractivity contribution < 1.29 is 19.0 Å². The Morgan fingerprint density at radius 2 is 1.78 bits per heavy atom. The van der Waals surface area contributed by atoms with Crippen LogP contribution in [0.15, 0.2) is 0 Å². The van der Waals surface area contributed by atoms with E-state index in [2.05, 4.69) is 0 Å². The number of hydrogen-bond donors (Lipinski definition) is 1. The molecule has 0 saturated carbocycles. The van der Waals surface area contributed by atoms with Crippen molar-refractivity contribution in [2.45, 2.75) is 18.4 Å². The Kier molecular flexibility index (Phi) is 4.94. The fourth-order valence-electron chi connectivity index (χ4n) is 2.27. The van der Waals surface area contributed by atoms with Gasteiger partial charge in [-0.3, -0.25) is 4.79 Å². The van der Waals surface area contributed by atoms with Gasteiger partial charge in [0.1, 0.15) is 6.61 Å². The van der Waals surface area contributed by atoms with Crippen LogP contribution in [0.3, 0.4) is 0 Å². The molecule has 0 aromatic heterocycles. The van der Waals surface area contributed by atoms with Gasteiger partial charge in [0.05, 0.1) is 18.8 Å². The van der Waals surface area contributed by atoms with E-state index in [-0.39, 0.29) is 18.1 Å². The number of amides is 1. The van der Waals surface area contributed by atoms with Crippen molar-refractivity contribution >= 4 is 5.91 Å². The second-order valence-electron chi connectivity index (χ2n) is 4.78. The van der Waals surface area contributed by atoms with E-state index >= 15 is 0 Å². The van der Waals surface area contributed by atoms with Crippen LogP contribution in [-0.4, -0.2) is 69.1 Å². The summed E-state index contributed by atoms with van der Waals surface area (Å²) in [6.07, 6.45) is 1.53. The van der Waals surface area contributed by atoms with Crippen molar-refractivity contribution in [2.24, 2.45) is 5.73 Å². The standard InChI is InChI=1S/C12H22N2O4/c13-10-12(1-5-16-6-2-12)18-9-11(15)14-3-7-17-8-4-14/h1-10,13H2. The first-order valence-electron chi connectivity index (χ1n) is 6.53. The molecule has 2 rings (SSSR count). The summed E-state index contributed by atoms with van der Waals surface area (Å²) in [4.78, 5) is 13.8. The Morgan fingerprint density at radius 3 is 2.39 bits per heavy atom. The predicted molar refractivity (Wildman–Crippen MR) is 65.2 cm³/mol. The molecule has 0 aromatic carbocycles. The van der Waals surface area contributed by atoms with Gasteiger partial charge in [0.15, 0.2) is 0 Å². The van der Waals surface area contributed by atoms with Gasteiger partial charge in [-0.15, -0.1) is 0 Å². The Balaban J connectivity index is 1.79. The summed E-state index contributed by atoms with van der Waals surface area (Å²) in [6.45, 7) is 4.39. The molecule has 2 aliphatic heterocycles. The minimum atomic E-state index is -0.375. The highest BCUT2D eigenvalue weighted by Gasteiger charge is 2.33. The van der Waals surface area contributed by atoms with Gasteiger partial charge in [0.2, 0.25) is 5.91 Å². The molecule has 0 aliphatic carbocycles. The highest BCUT2D eigenvalue weighted by molar-refractivity contribution is 5.77. The molecule has 2 N–H and O–H groups in total. The Hall–Kier alpha value is -0.690. The van der Waals surface area contributed by atoms with E-state index in [1.54, 1.807) is 4.90 Å². The van der Waals surface area contributed by atoms with Crippen LogP contribution in [0.2, 0.25) is 0 Å². The van der Waals surface area contributed by atoms with E-state index in [0.29, 0.717) is 46.1 Å². The molecule has 2 aliphatic rings. The van der Waals surface area contributed by atoms with Gasteiger partial charge in [-0.25, -0.2) is 0 Å². The number of nitrogens with two attached hydrogens (primary N) is 1. The van der Waals surface area contributed by atoms with Crippen molar-refractivity contribution in [3.05, 3.63) is 0 Å². The molecule has 2 saturated heterocycles. The van der Waals surface area contributed by atoms with Crippen LogP contribution < -0.4 is 5.73 Å². The summed E-state index contributed by atoms with van der Waals surface area (Å²) >= 11 is 0. The van der Waals surface area contributed by atoms with E-state index < -0.39 is 0 Å². The highest BCUT2D eigenvalue weighted by Crippen LogP contribution is 2.23. The maximum Gasteiger partial charge on any atom is 0.248 e. The maximum atomic E-state index is 12.0. The number of nitrogens with zero attached hydrogens (tertiary/aromatic N) is 1. The molecule has 2 heterocycles. The van der Waals surface area contributed by atoms with Crippen molar-refractivity contribution in [1.29, 1.82) is 0 Å². The van der Waals surface area contributed by atoms with Crippen molar-refractivity contribution in [3.63, 3.8) is 0 Å². The summed E-state index contributed by atoms with van der Waals surface area (Å²) in [5.74, 6) is 0.0256. The summed E-state index contributed by atoms with van der Waals surface area (Å²) in [7, 11) is 0. The average molecular weight is 258 g/mol. The van der Waals surface area contributed by atoms with Gasteiger partial charge in [0.25, 0.3) is 0 Å². The van der Waals surface area contributed by atoms with Crippen molar-refractivity contribution in [3.8, 4) is 0 Å². The smallest absolute Gasteiger partial charge is 0.248 e. The van der Waals surface area contributed by atoms with Gasteiger partial charge in [-0.2, -0.15) is 0 Å². The molecule has 0 aromatic rings. The molecule has 1 amide bonds. The second kappa shape index (κ2) is 6.47. The van der Waals surface area contributed by atoms with Crippen LogP contribution in [0.4, 0.5) is 0 Å². The molecular weight excluding hydrogens is 236 g/mol. The second-order valence-corrected chi connectivity index (χ2v) is 4.78. The molecule has 0 bridgehead atoms. The molecule has 6 nitrogen and oxygen atoms in total. The first-order chi connectivity index (χ1) is 8.76.